The van der Waals surface area contributed by atoms with Gasteiger partial charge in [-0.15, -0.1) is 11.8 Å². The number of hydrogen-bond acceptors (Lipinski definition) is 4. The maximum Gasteiger partial charge on any atom is 0.372 e. The van der Waals surface area contributed by atoms with Gasteiger partial charge in [0.05, 0.1) is 11.5 Å². The van der Waals surface area contributed by atoms with Crippen molar-refractivity contribution >= 4 is 23.6 Å². The molecule has 2 N–H and O–H groups in total. The van der Waals surface area contributed by atoms with Crippen molar-refractivity contribution in [3.8, 4) is 0 Å². The number of rotatable bonds is 6. The van der Waals surface area contributed by atoms with E-state index in [1.807, 2.05) is 13.8 Å². The zero-order chi connectivity index (χ0) is 13.7. The molecule has 0 spiro atoms. The summed E-state index contributed by atoms with van der Waals surface area (Å²) in [6, 6.07) is 1.82. The maximum absolute atomic E-state index is 11.4. The Balaban J connectivity index is 2.42. The Bertz CT molecular complexity index is 439. The standard InChI is InChI=1S/C12H17NO4S/c1-7(2)13-10(14)6-18-5-9-4-8(3)11(17-9)12(15)16/h4,7H,5-6H2,1-3H3,(H,13,14)(H,15,16). The SMILES string of the molecule is Cc1cc(CSCC(=O)NC(C)C)oc1C(=O)O. The van der Waals surface area contributed by atoms with Gasteiger partial charge in [0.25, 0.3) is 0 Å². The van der Waals surface area contributed by atoms with Crippen molar-refractivity contribution in [3.63, 3.8) is 0 Å². The number of aryl methyl sites for hydroxylation is 1. The van der Waals surface area contributed by atoms with E-state index in [0.29, 0.717) is 22.8 Å². The molecule has 0 aromatic carbocycles. The highest BCUT2D eigenvalue weighted by atomic mass is 32.2. The minimum absolute atomic E-state index is 0.0303. The summed E-state index contributed by atoms with van der Waals surface area (Å²) in [5, 5.41) is 11.6. The minimum atomic E-state index is -1.07. The van der Waals surface area contributed by atoms with Gasteiger partial charge in [-0.2, -0.15) is 0 Å². The van der Waals surface area contributed by atoms with Crippen LogP contribution < -0.4 is 5.32 Å². The summed E-state index contributed by atoms with van der Waals surface area (Å²) in [5.74, 6) is 0.266. The van der Waals surface area contributed by atoms with Crippen LogP contribution in [0.2, 0.25) is 0 Å². The van der Waals surface area contributed by atoms with Crippen molar-refractivity contribution in [2.45, 2.75) is 32.6 Å². The highest BCUT2D eigenvalue weighted by Crippen LogP contribution is 2.19. The van der Waals surface area contributed by atoms with Crippen LogP contribution in [0.1, 0.15) is 35.7 Å². The van der Waals surface area contributed by atoms with Gasteiger partial charge < -0.3 is 14.8 Å². The number of amides is 1. The van der Waals surface area contributed by atoms with E-state index in [4.69, 9.17) is 9.52 Å². The highest BCUT2D eigenvalue weighted by molar-refractivity contribution is 7.99. The normalized spacial score (nSPS) is 10.7. The van der Waals surface area contributed by atoms with E-state index in [2.05, 4.69) is 5.32 Å². The van der Waals surface area contributed by atoms with Crippen LogP contribution >= 0.6 is 11.8 Å². The van der Waals surface area contributed by atoms with E-state index >= 15 is 0 Å². The Labute approximate surface area is 110 Å². The molecule has 6 heteroatoms. The van der Waals surface area contributed by atoms with E-state index < -0.39 is 5.97 Å². The molecule has 1 heterocycles. The van der Waals surface area contributed by atoms with E-state index in [-0.39, 0.29) is 17.7 Å². The predicted molar refractivity (Wildman–Crippen MR) is 69.8 cm³/mol. The summed E-state index contributed by atoms with van der Waals surface area (Å²) in [6.07, 6.45) is 0. The van der Waals surface area contributed by atoms with Crippen LogP contribution in [-0.4, -0.2) is 28.8 Å². The van der Waals surface area contributed by atoms with Gasteiger partial charge in [0, 0.05) is 11.6 Å². The average molecular weight is 271 g/mol. The quantitative estimate of drug-likeness (QED) is 0.827. The highest BCUT2D eigenvalue weighted by Gasteiger charge is 2.14. The first-order chi connectivity index (χ1) is 8.40. The Morgan fingerprint density at radius 2 is 2.17 bits per heavy atom. The van der Waals surface area contributed by atoms with Crippen LogP contribution in [0.5, 0.6) is 0 Å². The third-order valence-corrected chi connectivity index (χ3v) is 3.05. The lowest BCUT2D eigenvalue weighted by molar-refractivity contribution is -0.119. The van der Waals surface area contributed by atoms with Crippen molar-refractivity contribution in [2.75, 3.05) is 5.75 Å². The number of thioether (sulfide) groups is 1. The van der Waals surface area contributed by atoms with E-state index in [0.717, 1.165) is 0 Å². The van der Waals surface area contributed by atoms with Crippen molar-refractivity contribution in [1.29, 1.82) is 0 Å². The molecule has 1 rings (SSSR count). The Morgan fingerprint density at radius 1 is 1.50 bits per heavy atom. The van der Waals surface area contributed by atoms with Gasteiger partial charge in [-0.3, -0.25) is 4.79 Å². The first kappa shape index (κ1) is 14.6. The fraction of sp³-hybridized carbons (Fsp3) is 0.500. The lowest BCUT2D eigenvalue weighted by atomic mass is 10.3. The third kappa shape index (κ3) is 4.44. The smallest absolute Gasteiger partial charge is 0.372 e. The van der Waals surface area contributed by atoms with Crippen molar-refractivity contribution in [1.82, 2.24) is 5.32 Å². The Morgan fingerprint density at radius 3 is 2.67 bits per heavy atom. The van der Waals surface area contributed by atoms with Crippen molar-refractivity contribution in [3.05, 3.63) is 23.2 Å². The van der Waals surface area contributed by atoms with Gasteiger partial charge >= 0.3 is 5.97 Å². The summed E-state index contributed by atoms with van der Waals surface area (Å²) in [5.41, 5.74) is 0.602. The summed E-state index contributed by atoms with van der Waals surface area (Å²) in [4.78, 5) is 22.1. The average Bonchev–Trinajstić information content (AvgIpc) is 2.58. The minimum Gasteiger partial charge on any atom is -0.475 e. The van der Waals surface area contributed by atoms with Crippen molar-refractivity contribution < 1.29 is 19.1 Å². The maximum atomic E-state index is 11.4. The summed E-state index contributed by atoms with van der Waals surface area (Å²) >= 11 is 1.39. The van der Waals surface area contributed by atoms with Gasteiger partial charge in [0.1, 0.15) is 5.76 Å². The van der Waals surface area contributed by atoms with E-state index in [9.17, 15) is 9.59 Å². The predicted octanol–water partition coefficient (Wildman–Crippen LogP) is 2.04. The van der Waals surface area contributed by atoms with Crippen LogP contribution in [0.15, 0.2) is 10.5 Å². The third-order valence-electron chi connectivity index (χ3n) is 2.09. The molecule has 0 atom stereocenters. The molecule has 0 unspecified atom stereocenters. The summed E-state index contributed by atoms with van der Waals surface area (Å²) < 4.78 is 5.19. The molecule has 1 aromatic heterocycles. The number of nitrogens with one attached hydrogen (secondary N) is 1. The molecule has 5 nitrogen and oxygen atoms in total. The number of aromatic carboxylic acids is 1. The molecule has 0 aliphatic heterocycles. The largest absolute Gasteiger partial charge is 0.475 e. The zero-order valence-electron chi connectivity index (χ0n) is 10.6. The van der Waals surface area contributed by atoms with Crippen molar-refractivity contribution in [2.24, 2.45) is 0 Å². The van der Waals surface area contributed by atoms with Crippen LogP contribution in [0.25, 0.3) is 0 Å². The second-order valence-corrected chi connectivity index (χ2v) is 5.23. The molecule has 0 saturated heterocycles. The molecule has 100 valence electrons. The summed E-state index contributed by atoms with van der Waals surface area (Å²) in [6.45, 7) is 5.49. The topological polar surface area (TPSA) is 79.5 Å². The molecule has 18 heavy (non-hydrogen) atoms. The van der Waals surface area contributed by atoms with Gasteiger partial charge in [-0.1, -0.05) is 0 Å². The van der Waals surface area contributed by atoms with Gasteiger partial charge in [0.2, 0.25) is 11.7 Å². The van der Waals surface area contributed by atoms with Gasteiger partial charge in [0.15, 0.2) is 0 Å². The molecular weight excluding hydrogens is 254 g/mol. The molecule has 1 amide bonds. The van der Waals surface area contributed by atoms with Crippen LogP contribution in [0.3, 0.4) is 0 Å². The molecule has 0 saturated carbocycles. The van der Waals surface area contributed by atoms with Crippen LogP contribution in [0.4, 0.5) is 0 Å². The number of carboxylic acid groups (broad SMARTS) is 1. The number of furan rings is 1. The monoisotopic (exact) mass is 271 g/mol. The van der Waals surface area contributed by atoms with Crippen LogP contribution in [0, 0.1) is 6.92 Å². The van der Waals surface area contributed by atoms with E-state index in [1.165, 1.54) is 11.8 Å². The fourth-order valence-electron chi connectivity index (χ4n) is 1.44. The van der Waals surface area contributed by atoms with Gasteiger partial charge in [-0.05, 0) is 26.8 Å². The molecule has 0 radical (unpaired) electrons. The Kier molecular flexibility index (Phi) is 5.27. The molecule has 0 bridgehead atoms. The molecule has 0 aliphatic carbocycles. The Hall–Kier alpha value is -1.43. The van der Waals surface area contributed by atoms with Crippen LogP contribution in [-0.2, 0) is 10.5 Å². The lowest BCUT2D eigenvalue weighted by Crippen LogP contribution is -2.31. The molecule has 0 aliphatic rings. The first-order valence-corrected chi connectivity index (χ1v) is 6.75. The molecule has 1 aromatic rings. The second kappa shape index (κ2) is 6.49. The zero-order valence-corrected chi connectivity index (χ0v) is 11.5. The van der Waals surface area contributed by atoms with Gasteiger partial charge in [-0.25, -0.2) is 4.79 Å². The number of hydrogen-bond donors (Lipinski definition) is 2. The number of carboxylic acids is 1. The lowest BCUT2D eigenvalue weighted by Gasteiger charge is -2.07. The number of carbonyl (C=O) groups excluding carboxylic acids is 1. The van der Waals surface area contributed by atoms with E-state index in [1.54, 1.807) is 13.0 Å². The first-order valence-electron chi connectivity index (χ1n) is 5.60. The molecule has 0 fully saturated rings. The molecular formula is C12H17NO4S. The second-order valence-electron chi connectivity index (χ2n) is 4.25. The summed E-state index contributed by atoms with van der Waals surface area (Å²) in [7, 11) is 0. The fourth-order valence-corrected chi connectivity index (χ4v) is 2.15. The number of carbonyl (C=O) groups is 2.